The number of aromatic nitrogens is 2. The SMILES string of the molecule is Brc1cc2sc3cc(Br)ncc3c2cn1. The second-order valence-electron chi connectivity index (χ2n) is 3.11. The summed E-state index contributed by atoms with van der Waals surface area (Å²) >= 11 is 8.50. The first-order valence-corrected chi connectivity index (χ1v) is 6.63. The Labute approximate surface area is 107 Å². The maximum Gasteiger partial charge on any atom is 0.107 e. The van der Waals surface area contributed by atoms with Crippen LogP contribution in [-0.4, -0.2) is 9.97 Å². The first kappa shape index (κ1) is 9.69. The third kappa shape index (κ3) is 1.58. The molecule has 0 spiro atoms. The van der Waals surface area contributed by atoms with Crippen molar-refractivity contribution in [1.29, 1.82) is 0 Å². The average molecular weight is 344 g/mol. The van der Waals surface area contributed by atoms with Gasteiger partial charge >= 0.3 is 0 Å². The van der Waals surface area contributed by atoms with Crippen LogP contribution in [-0.2, 0) is 0 Å². The van der Waals surface area contributed by atoms with Gasteiger partial charge in [-0.15, -0.1) is 11.3 Å². The van der Waals surface area contributed by atoms with E-state index in [9.17, 15) is 0 Å². The van der Waals surface area contributed by atoms with E-state index < -0.39 is 0 Å². The summed E-state index contributed by atoms with van der Waals surface area (Å²) in [7, 11) is 0. The van der Waals surface area contributed by atoms with E-state index in [4.69, 9.17) is 0 Å². The quantitative estimate of drug-likeness (QED) is 0.566. The van der Waals surface area contributed by atoms with Crippen molar-refractivity contribution in [2.75, 3.05) is 0 Å². The summed E-state index contributed by atoms with van der Waals surface area (Å²) in [6.07, 6.45) is 3.77. The minimum atomic E-state index is 0.869. The zero-order chi connectivity index (χ0) is 10.4. The van der Waals surface area contributed by atoms with Gasteiger partial charge in [0.1, 0.15) is 9.21 Å². The Balaban J connectivity index is 2.51. The number of hydrogen-bond acceptors (Lipinski definition) is 3. The molecule has 0 aliphatic carbocycles. The number of fused-ring (bicyclic) bond motifs is 3. The average Bonchev–Trinajstić information content (AvgIpc) is 2.53. The van der Waals surface area contributed by atoms with Crippen LogP contribution in [0.2, 0.25) is 0 Å². The molecule has 0 fully saturated rings. The van der Waals surface area contributed by atoms with Crippen molar-refractivity contribution >= 4 is 63.4 Å². The molecule has 0 saturated carbocycles. The highest BCUT2D eigenvalue weighted by molar-refractivity contribution is 9.10. The van der Waals surface area contributed by atoms with Gasteiger partial charge in [0.15, 0.2) is 0 Å². The van der Waals surface area contributed by atoms with Gasteiger partial charge in [-0.3, -0.25) is 0 Å². The number of hydrogen-bond donors (Lipinski definition) is 0. The van der Waals surface area contributed by atoms with Crippen molar-refractivity contribution in [2.45, 2.75) is 0 Å². The molecule has 5 heteroatoms. The minimum Gasteiger partial charge on any atom is -0.249 e. The van der Waals surface area contributed by atoms with Gasteiger partial charge in [-0.05, 0) is 44.0 Å². The van der Waals surface area contributed by atoms with Crippen molar-refractivity contribution in [2.24, 2.45) is 0 Å². The first-order valence-electron chi connectivity index (χ1n) is 4.23. The molecule has 0 radical (unpaired) electrons. The molecule has 3 rings (SSSR count). The predicted molar refractivity (Wildman–Crippen MR) is 70.3 cm³/mol. The summed E-state index contributed by atoms with van der Waals surface area (Å²) < 4.78 is 4.20. The Morgan fingerprint density at radius 3 is 1.80 bits per heavy atom. The molecule has 15 heavy (non-hydrogen) atoms. The van der Waals surface area contributed by atoms with Gasteiger partial charge in [-0.25, -0.2) is 9.97 Å². The van der Waals surface area contributed by atoms with Crippen LogP contribution in [0.1, 0.15) is 0 Å². The third-order valence-electron chi connectivity index (χ3n) is 2.18. The Hall–Kier alpha value is -0.520. The molecule has 74 valence electrons. The van der Waals surface area contributed by atoms with Crippen LogP contribution >= 0.6 is 43.2 Å². The zero-order valence-corrected chi connectivity index (χ0v) is 11.4. The maximum absolute atomic E-state index is 4.24. The summed E-state index contributed by atoms with van der Waals surface area (Å²) in [6.45, 7) is 0. The summed E-state index contributed by atoms with van der Waals surface area (Å²) in [5.41, 5.74) is 0. The smallest absolute Gasteiger partial charge is 0.107 e. The van der Waals surface area contributed by atoms with Crippen molar-refractivity contribution in [3.63, 3.8) is 0 Å². The Morgan fingerprint density at radius 1 is 0.867 bits per heavy atom. The van der Waals surface area contributed by atoms with Gasteiger partial charge in [0, 0.05) is 32.6 Å². The van der Waals surface area contributed by atoms with E-state index in [2.05, 4.69) is 41.8 Å². The normalized spacial score (nSPS) is 11.3. The summed E-state index contributed by atoms with van der Waals surface area (Å²) in [4.78, 5) is 8.47. The number of halogens is 2. The number of nitrogens with zero attached hydrogens (tertiary/aromatic N) is 2. The van der Waals surface area contributed by atoms with Crippen LogP contribution in [0.5, 0.6) is 0 Å². The van der Waals surface area contributed by atoms with Crippen LogP contribution < -0.4 is 0 Å². The maximum atomic E-state index is 4.24. The lowest BCUT2D eigenvalue weighted by Gasteiger charge is -1.91. The molecule has 0 aromatic carbocycles. The number of pyridine rings is 2. The van der Waals surface area contributed by atoms with Crippen LogP contribution in [0.3, 0.4) is 0 Å². The lowest BCUT2D eigenvalue weighted by atomic mass is 10.2. The van der Waals surface area contributed by atoms with Gasteiger partial charge in [0.2, 0.25) is 0 Å². The van der Waals surface area contributed by atoms with Crippen LogP contribution in [0, 0.1) is 0 Å². The van der Waals surface area contributed by atoms with Crippen molar-refractivity contribution < 1.29 is 0 Å². The number of rotatable bonds is 0. The Bertz CT molecular complexity index is 607. The molecule has 3 heterocycles. The zero-order valence-electron chi connectivity index (χ0n) is 7.37. The fraction of sp³-hybridized carbons (Fsp3) is 0. The molecule has 0 amide bonds. The van der Waals surface area contributed by atoms with Crippen molar-refractivity contribution in [1.82, 2.24) is 9.97 Å². The van der Waals surface area contributed by atoms with E-state index in [-0.39, 0.29) is 0 Å². The summed E-state index contributed by atoms with van der Waals surface area (Å²) in [6, 6.07) is 4.07. The predicted octanol–water partition coefficient (Wildman–Crippen LogP) is 4.37. The van der Waals surface area contributed by atoms with E-state index in [0.717, 1.165) is 9.21 Å². The van der Waals surface area contributed by atoms with Crippen LogP contribution in [0.4, 0.5) is 0 Å². The van der Waals surface area contributed by atoms with Gasteiger partial charge in [-0.2, -0.15) is 0 Å². The summed E-state index contributed by atoms with van der Waals surface area (Å²) in [5.74, 6) is 0. The molecule has 0 N–H and O–H groups in total. The third-order valence-corrected chi connectivity index (χ3v) is 4.16. The molecular formula is C10H4Br2N2S. The highest BCUT2D eigenvalue weighted by Crippen LogP contribution is 2.34. The second kappa shape index (κ2) is 3.50. The number of thiophene rings is 1. The van der Waals surface area contributed by atoms with Crippen molar-refractivity contribution in [3.05, 3.63) is 33.7 Å². The van der Waals surface area contributed by atoms with E-state index in [1.807, 2.05) is 24.5 Å². The molecule has 0 aliphatic heterocycles. The van der Waals surface area contributed by atoms with Crippen molar-refractivity contribution in [3.8, 4) is 0 Å². The van der Waals surface area contributed by atoms with E-state index in [0.29, 0.717) is 0 Å². The van der Waals surface area contributed by atoms with Gasteiger partial charge in [0.05, 0.1) is 0 Å². The highest BCUT2D eigenvalue weighted by atomic mass is 79.9. The van der Waals surface area contributed by atoms with Gasteiger partial charge in [0.25, 0.3) is 0 Å². The lowest BCUT2D eigenvalue weighted by Crippen LogP contribution is -1.75. The largest absolute Gasteiger partial charge is 0.249 e. The Kier molecular flexibility index (Phi) is 2.26. The molecule has 0 saturated heterocycles. The van der Waals surface area contributed by atoms with Crippen LogP contribution in [0.15, 0.2) is 33.7 Å². The highest BCUT2D eigenvalue weighted by Gasteiger charge is 2.06. The molecule has 0 aliphatic rings. The minimum absolute atomic E-state index is 0.869. The molecule has 0 bridgehead atoms. The Morgan fingerprint density at radius 2 is 1.33 bits per heavy atom. The summed E-state index contributed by atoms with van der Waals surface area (Å²) in [5, 5.41) is 2.33. The molecule has 0 unspecified atom stereocenters. The molecule has 3 aromatic rings. The fourth-order valence-corrected chi connectivity index (χ4v) is 3.61. The molecule has 2 nitrogen and oxygen atoms in total. The molecule has 3 aromatic heterocycles. The standard InChI is InChI=1S/C10H4Br2N2S/c11-9-1-7-5(3-13-9)6-4-14-10(12)2-8(6)15-7/h1-4H. The molecule has 0 atom stereocenters. The van der Waals surface area contributed by atoms with Gasteiger partial charge < -0.3 is 0 Å². The van der Waals surface area contributed by atoms with E-state index >= 15 is 0 Å². The van der Waals surface area contributed by atoms with Crippen LogP contribution in [0.25, 0.3) is 20.2 Å². The fourth-order valence-electron chi connectivity index (χ4n) is 1.52. The second-order valence-corrected chi connectivity index (χ2v) is 5.82. The first-order chi connectivity index (χ1) is 7.24. The monoisotopic (exact) mass is 342 g/mol. The molecular weight excluding hydrogens is 340 g/mol. The van der Waals surface area contributed by atoms with E-state index in [1.54, 1.807) is 11.3 Å². The van der Waals surface area contributed by atoms with E-state index in [1.165, 1.54) is 20.2 Å². The topological polar surface area (TPSA) is 25.8 Å². The van der Waals surface area contributed by atoms with Gasteiger partial charge in [-0.1, -0.05) is 0 Å². The lowest BCUT2D eigenvalue weighted by molar-refractivity contribution is 1.30.